The summed E-state index contributed by atoms with van der Waals surface area (Å²) in [5.74, 6) is 0.433. The molecule has 2 N–H and O–H groups in total. The fourth-order valence-electron chi connectivity index (χ4n) is 2.59. The highest BCUT2D eigenvalue weighted by molar-refractivity contribution is 7.92. The number of methoxy groups -OCH3 is 2. The van der Waals surface area contributed by atoms with E-state index in [-0.39, 0.29) is 12.8 Å². The van der Waals surface area contributed by atoms with Crippen LogP contribution in [-0.4, -0.2) is 49.9 Å². The Hall–Kier alpha value is -2.59. The lowest BCUT2D eigenvalue weighted by Crippen LogP contribution is -2.49. The monoisotopic (exact) mass is 398 g/mol. The topological polar surface area (TPSA) is 128 Å². The van der Waals surface area contributed by atoms with Crippen LogP contribution in [0.4, 0.5) is 0 Å². The lowest BCUT2D eigenvalue weighted by atomic mass is 10.0. The Labute approximate surface area is 157 Å². The van der Waals surface area contributed by atoms with Crippen molar-refractivity contribution in [1.29, 1.82) is 0 Å². The van der Waals surface area contributed by atoms with Gasteiger partial charge in [0.25, 0.3) is 5.91 Å². The molecule has 1 aromatic carbocycles. The number of amides is 1. The summed E-state index contributed by atoms with van der Waals surface area (Å²) in [6.45, 7) is 1.25. The number of carbonyl (C=O) groups is 1. The number of aryl methyl sites for hydroxylation is 1. The van der Waals surface area contributed by atoms with Crippen LogP contribution in [0.5, 0.6) is 11.5 Å². The molecule has 2 aromatic rings. The van der Waals surface area contributed by atoms with Gasteiger partial charge in [0.1, 0.15) is 21.8 Å². The van der Waals surface area contributed by atoms with Crippen LogP contribution >= 0.6 is 0 Å². The summed E-state index contributed by atoms with van der Waals surface area (Å²) in [4.78, 5) is 11.9. The van der Waals surface area contributed by atoms with Gasteiger partial charge in [-0.1, -0.05) is 11.2 Å². The number of rotatable bonds is 8. The molecule has 0 saturated heterocycles. The second-order valence-corrected chi connectivity index (χ2v) is 8.61. The molecular weight excluding hydrogens is 376 g/mol. The predicted molar refractivity (Wildman–Crippen MR) is 96.5 cm³/mol. The van der Waals surface area contributed by atoms with Crippen LogP contribution in [0.3, 0.4) is 0 Å². The van der Waals surface area contributed by atoms with Crippen LogP contribution in [0.2, 0.25) is 0 Å². The van der Waals surface area contributed by atoms with Gasteiger partial charge in [-0.3, -0.25) is 10.0 Å². The molecule has 0 aliphatic heterocycles. The third-order valence-electron chi connectivity index (χ3n) is 4.49. The first kappa shape index (κ1) is 20.7. The van der Waals surface area contributed by atoms with Crippen molar-refractivity contribution < 1.29 is 32.4 Å². The number of nitrogens with one attached hydrogen (secondary N) is 1. The van der Waals surface area contributed by atoms with Crippen molar-refractivity contribution in [3.63, 3.8) is 0 Å². The molecule has 9 nitrogen and oxygen atoms in total. The normalized spacial score (nSPS) is 13.7. The van der Waals surface area contributed by atoms with Gasteiger partial charge < -0.3 is 14.0 Å². The number of hydrogen-bond donors (Lipinski definition) is 2. The molecule has 148 valence electrons. The average Bonchev–Trinajstić information content (AvgIpc) is 3.12. The molecule has 0 bridgehead atoms. The Bertz CT molecular complexity index is 901. The van der Waals surface area contributed by atoms with Crippen molar-refractivity contribution in [2.75, 3.05) is 20.5 Å². The number of sulfone groups is 1. The van der Waals surface area contributed by atoms with Crippen molar-refractivity contribution in [2.24, 2.45) is 0 Å². The smallest absolute Gasteiger partial charge is 0.264 e. The number of hydrogen-bond acceptors (Lipinski definition) is 8. The van der Waals surface area contributed by atoms with Crippen LogP contribution in [0, 0.1) is 0 Å². The van der Waals surface area contributed by atoms with E-state index >= 15 is 0 Å². The van der Waals surface area contributed by atoms with E-state index in [2.05, 4.69) is 5.16 Å². The van der Waals surface area contributed by atoms with E-state index in [1.165, 1.54) is 26.6 Å². The van der Waals surface area contributed by atoms with Crippen molar-refractivity contribution in [1.82, 2.24) is 10.6 Å². The van der Waals surface area contributed by atoms with Crippen molar-refractivity contribution in [3.8, 4) is 22.8 Å². The molecule has 0 radical (unpaired) electrons. The highest BCUT2D eigenvalue weighted by Crippen LogP contribution is 2.38. The predicted octanol–water partition coefficient (Wildman–Crippen LogP) is 1.60. The van der Waals surface area contributed by atoms with Crippen LogP contribution in [-0.2, 0) is 21.1 Å². The van der Waals surface area contributed by atoms with Crippen LogP contribution in [0.15, 0.2) is 28.8 Å². The van der Waals surface area contributed by atoms with E-state index in [4.69, 9.17) is 19.2 Å². The first-order valence-electron chi connectivity index (χ1n) is 7.99. The fraction of sp³-hybridized carbons (Fsp3) is 0.412. The van der Waals surface area contributed by atoms with E-state index < -0.39 is 20.5 Å². The van der Waals surface area contributed by atoms with Gasteiger partial charge in [-0.25, -0.2) is 13.9 Å². The minimum absolute atomic E-state index is 0.0900. The standard InChI is InChI=1S/C17H22N2O7S/c1-17(16(20)18-21,27(4,22)23)9-8-11-10-14(26-19-11)15-12(24-2)6-5-7-13(15)25-3/h5-7,10,21H,8-9H2,1-4H3,(H,18,20). The van der Waals surface area contributed by atoms with Crippen molar-refractivity contribution in [3.05, 3.63) is 30.0 Å². The SMILES string of the molecule is COc1cccc(OC)c1-c1cc(CCC(C)(C(=O)NO)S(C)(=O)=O)no1. The number of hydroxylamine groups is 1. The summed E-state index contributed by atoms with van der Waals surface area (Å²) in [6.07, 6.45) is 0.987. The quantitative estimate of drug-likeness (QED) is 0.507. The molecule has 1 atom stereocenters. The van der Waals surface area contributed by atoms with Gasteiger partial charge in [0, 0.05) is 12.3 Å². The lowest BCUT2D eigenvalue weighted by molar-refractivity contribution is -0.131. The second kappa shape index (κ2) is 7.97. The molecule has 0 fully saturated rings. The highest BCUT2D eigenvalue weighted by atomic mass is 32.2. The van der Waals surface area contributed by atoms with E-state index in [0.29, 0.717) is 28.5 Å². The minimum atomic E-state index is -3.78. The Morgan fingerprint density at radius 3 is 2.37 bits per heavy atom. The molecule has 0 saturated carbocycles. The number of nitrogens with zero attached hydrogens (tertiary/aromatic N) is 1. The van der Waals surface area contributed by atoms with Gasteiger partial charge >= 0.3 is 0 Å². The maximum Gasteiger partial charge on any atom is 0.264 e. The first-order chi connectivity index (χ1) is 12.7. The Morgan fingerprint density at radius 2 is 1.89 bits per heavy atom. The Balaban J connectivity index is 2.31. The third-order valence-corrected chi connectivity index (χ3v) is 6.52. The maximum absolute atomic E-state index is 12.0. The van der Waals surface area contributed by atoms with Gasteiger partial charge in [0.15, 0.2) is 15.6 Å². The van der Waals surface area contributed by atoms with Crippen LogP contribution in [0.25, 0.3) is 11.3 Å². The molecular formula is C17H22N2O7S. The number of carbonyl (C=O) groups excluding carboxylic acids is 1. The fourth-order valence-corrected chi connectivity index (χ4v) is 3.45. The van der Waals surface area contributed by atoms with Crippen LogP contribution in [0.1, 0.15) is 19.0 Å². The van der Waals surface area contributed by atoms with Gasteiger partial charge in [-0.2, -0.15) is 0 Å². The van der Waals surface area contributed by atoms with Gasteiger partial charge in [0.05, 0.1) is 19.9 Å². The molecule has 2 rings (SSSR count). The second-order valence-electron chi connectivity index (χ2n) is 6.16. The molecule has 27 heavy (non-hydrogen) atoms. The number of benzene rings is 1. The average molecular weight is 398 g/mol. The van der Waals surface area contributed by atoms with Crippen molar-refractivity contribution >= 4 is 15.7 Å². The molecule has 1 amide bonds. The molecule has 0 aliphatic rings. The lowest BCUT2D eigenvalue weighted by Gasteiger charge is -2.24. The molecule has 0 aliphatic carbocycles. The molecule has 1 heterocycles. The zero-order valence-electron chi connectivity index (χ0n) is 15.5. The summed E-state index contributed by atoms with van der Waals surface area (Å²) in [6, 6.07) is 6.88. The summed E-state index contributed by atoms with van der Waals surface area (Å²) in [5.41, 5.74) is 2.43. The maximum atomic E-state index is 12.0. The third kappa shape index (κ3) is 4.06. The zero-order valence-corrected chi connectivity index (χ0v) is 16.3. The van der Waals surface area contributed by atoms with E-state index in [1.807, 2.05) is 0 Å². The molecule has 0 spiro atoms. The van der Waals surface area contributed by atoms with Gasteiger partial charge in [-0.05, 0) is 31.9 Å². The zero-order chi connectivity index (χ0) is 20.2. The minimum Gasteiger partial charge on any atom is -0.496 e. The summed E-state index contributed by atoms with van der Waals surface area (Å²) >= 11 is 0. The summed E-state index contributed by atoms with van der Waals surface area (Å²) in [5, 5.41) is 12.8. The molecule has 1 aromatic heterocycles. The van der Waals surface area contributed by atoms with Crippen LogP contribution < -0.4 is 15.0 Å². The molecule has 1 unspecified atom stereocenters. The van der Waals surface area contributed by atoms with Gasteiger partial charge in [-0.15, -0.1) is 0 Å². The van der Waals surface area contributed by atoms with Gasteiger partial charge in [0.2, 0.25) is 0 Å². The number of ether oxygens (including phenoxy) is 2. The molecule has 10 heteroatoms. The summed E-state index contributed by atoms with van der Waals surface area (Å²) in [7, 11) is -0.754. The Kier molecular flexibility index (Phi) is 6.11. The van der Waals surface area contributed by atoms with E-state index in [0.717, 1.165) is 6.26 Å². The Morgan fingerprint density at radius 1 is 1.30 bits per heavy atom. The summed E-state index contributed by atoms with van der Waals surface area (Å²) < 4.78 is 38.3. The largest absolute Gasteiger partial charge is 0.496 e. The highest BCUT2D eigenvalue weighted by Gasteiger charge is 2.43. The first-order valence-corrected chi connectivity index (χ1v) is 9.88. The van der Waals surface area contributed by atoms with E-state index in [1.54, 1.807) is 24.3 Å². The number of aromatic nitrogens is 1. The van der Waals surface area contributed by atoms with Crippen molar-refractivity contribution in [2.45, 2.75) is 24.5 Å². The van der Waals surface area contributed by atoms with E-state index in [9.17, 15) is 13.2 Å².